The smallest absolute Gasteiger partial charge is 0.230 e. The van der Waals surface area contributed by atoms with Gasteiger partial charge in [0.2, 0.25) is 5.91 Å². The van der Waals surface area contributed by atoms with E-state index in [0.717, 1.165) is 55.7 Å². The molecule has 0 atom stereocenters. The second-order valence-corrected chi connectivity index (χ2v) is 8.88. The average Bonchev–Trinajstić information content (AvgIpc) is 3.16. The molecule has 1 N–H and O–H groups in total. The second-order valence-electron chi connectivity index (χ2n) is 7.82. The van der Waals surface area contributed by atoms with Crippen molar-refractivity contribution in [2.24, 2.45) is 0 Å². The van der Waals surface area contributed by atoms with Crippen LogP contribution in [0.15, 0.2) is 60.0 Å². The average molecular weight is 421 g/mol. The summed E-state index contributed by atoms with van der Waals surface area (Å²) in [6.07, 6.45) is 0.319. The second kappa shape index (κ2) is 9.98. The van der Waals surface area contributed by atoms with Crippen LogP contribution in [0.2, 0.25) is 0 Å². The van der Waals surface area contributed by atoms with Gasteiger partial charge in [-0.1, -0.05) is 42.5 Å². The van der Waals surface area contributed by atoms with E-state index in [0.29, 0.717) is 6.42 Å². The number of anilines is 1. The molecule has 0 aliphatic carbocycles. The Morgan fingerprint density at radius 2 is 1.53 bits per heavy atom. The van der Waals surface area contributed by atoms with Crippen LogP contribution < -0.4 is 5.32 Å². The molecule has 1 aliphatic heterocycles. The summed E-state index contributed by atoms with van der Waals surface area (Å²) < 4.78 is 0. The third-order valence-corrected chi connectivity index (χ3v) is 6.19. The Labute approximate surface area is 182 Å². The fraction of sp³-hybridized carbons (Fsp3) is 0.333. The van der Waals surface area contributed by atoms with Gasteiger partial charge >= 0.3 is 0 Å². The van der Waals surface area contributed by atoms with E-state index in [9.17, 15) is 4.79 Å². The zero-order chi connectivity index (χ0) is 20.8. The molecule has 0 radical (unpaired) electrons. The topological polar surface area (TPSA) is 48.5 Å². The van der Waals surface area contributed by atoms with Crippen LogP contribution in [0.3, 0.4) is 0 Å². The lowest BCUT2D eigenvalue weighted by molar-refractivity contribution is -0.115. The van der Waals surface area contributed by atoms with Gasteiger partial charge in [0, 0.05) is 50.3 Å². The molecule has 0 unspecified atom stereocenters. The Bertz CT molecular complexity index is 947. The predicted octanol–water partition coefficient (Wildman–Crippen LogP) is 3.95. The molecule has 2 heterocycles. The normalized spacial score (nSPS) is 15.2. The van der Waals surface area contributed by atoms with Crippen LogP contribution >= 0.6 is 11.3 Å². The first-order chi connectivity index (χ1) is 14.6. The Morgan fingerprint density at radius 3 is 2.10 bits per heavy atom. The van der Waals surface area contributed by atoms with Crippen LogP contribution in [0, 0.1) is 6.92 Å². The van der Waals surface area contributed by atoms with Crippen LogP contribution in [0.5, 0.6) is 0 Å². The van der Waals surface area contributed by atoms with Crippen molar-refractivity contribution in [3.63, 3.8) is 0 Å². The molecule has 0 saturated carbocycles. The van der Waals surface area contributed by atoms with Crippen LogP contribution in [0.1, 0.15) is 21.8 Å². The minimum absolute atomic E-state index is 0.0254. The summed E-state index contributed by atoms with van der Waals surface area (Å²) in [4.78, 5) is 21.6. The summed E-state index contributed by atoms with van der Waals surface area (Å²) in [5.74, 6) is -0.0254. The summed E-state index contributed by atoms with van der Waals surface area (Å²) >= 11 is 1.57. The van der Waals surface area contributed by atoms with E-state index in [2.05, 4.69) is 62.6 Å². The standard InChI is InChI=1S/C24H28N4OS/c1-19-25-23(18-30-19)15-24(29)26-22-9-7-21(8-10-22)17-28-13-11-27(12-14-28)16-20-5-3-2-4-6-20/h2-10,18H,11-17H2,1H3,(H,26,29). The molecule has 2 aromatic carbocycles. The van der Waals surface area contributed by atoms with Crippen LogP contribution in [0.4, 0.5) is 5.69 Å². The maximum atomic E-state index is 12.2. The SMILES string of the molecule is Cc1nc(CC(=O)Nc2ccc(CN3CCN(Cc4ccccc4)CC3)cc2)cs1. The quantitative estimate of drug-likeness (QED) is 0.629. The highest BCUT2D eigenvalue weighted by Crippen LogP contribution is 2.15. The zero-order valence-corrected chi connectivity index (χ0v) is 18.2. The fourth-order valence-electron chi connectivity index (χ4n) is 3.76. The van der Waals surface area contributed by atoms with Crippen molar-refractivity contribution >= 4 is 22.9 Å². The van der Waals surface area contributed by atoms with Crippen LogP contribution in [-0.2, 0) is 24.3 Å². The molecule has 1 fully saturated rings. The number of thiazole rings is 1. The largest absolute Gasteiger partial charge is 0.326 e. The van der Waals surface area contributed by atoms with Gasteiger partial charge in [-0.3, -0.25) is 14.6 Å². The van der Waals surface area contributed by atoms with Gasteiger partial charge in [0.15, 0.2) is 0 Å². The molecule has 1 amide bonds. The summed E-state index contributed by atoms with van der Waals surface area (Å²) in [6.45, 7) is 8.29. The van der Waals surface area contributed by atoms with Gasteiger partial charge in [0.25, 0.3) is 0 Å². The molecule has 4 rings (SSSR count). The summed E-state index contributed by atoms with van der Waals surface area (Å²) in [7, 11) is 0. The molecule has 0 bridgehead atoms. The number of rotatable bonds is 7. The molecule has 1 aromatic heterocycles. The lowest BCUT2D eigenvalue weighted by atomic mass is 10.1. The van der Waals surface area contributed by atoms with Gasteiger partial charge in [-0.05, 0) is 30.2 Å². The van der Waals surface area contributed by atoms with E-state index in [1.165, 1.54) is 11.1 Å². The third kappa shape index (κ3) is 5.98. The van der Waals surface area contributed by atoms with E-state index >= 15 is 0 Å². The molecule has 3 aromatic rings. The summed E-state index contributed by atoms with van der Waals surface area (Å²) in [6, 6.07) is 18.9. The van der Waals surface area contributed by atoms with E-state index in [1.807, 2.05) is 24.4 Å². The maximum Gasteiger partial charge on any atom is 0.230 e. The highest BCUT2D eigenvalue weighted by atomic mass is 32.1. The van der Waals surface area contributed by atoms with E-state index < -0.39 is 0 Å². The lowest BCUT2D eigenvalue weighted by Crippen LogP contribution is -2.45. The number of aromatic nitrogens is 1. The molecule has 1 aliphatic rings. The van der Waals surface area contributed by atoms with Crippen LogP contribution in [-0.4, -0.2) is 46.9 Å². The molecule has 5 nitrogen and oxygen atoms in total. The van der Waals surface area contributed by atoms with Crippen molar-refractivity contribution < 1.29 is 4.79 Å². The minimum atomic E-state index is -0.0254. The van der Waals surface area contributed by atoms with Gasteiger partial charge in [0.1, 0.15) is 0 Å². The number of nitrogens with zero attached hydrogens (tertiary/aromatic N) is 3. The van der Waals surface area contributed by atoms with Crippen molar-refractivity contribution in [2.75, 3.05) is 31.5 Å². The lowest BCUT2D eigenvalue weighted by Gasteiger charge is -2.34. The van der Waals surface area contributed by atoms with Gasteiger partial charge in [-0.25, -0.2) is 4.98 Å². The Morgan fingerprint density at radius 1 is 0.933 bits per heavy atom. The number of benzene rings is 2. The number of nitrogens with one attached hydrogen (secondary N) is 1. The molecule has 1 saturated heterocycles. The number of piperazine rings is 1. The number of carbonyl (C=O) groups is 1. The highest BCUT2D eigenvalue weighted by Gasteiger charge is 2.17. The van der Waals surface area contributed by atoms with Gasteiger partial charge in [-0.15, -0.1) is 11.3 Å². The Hall–Kier alpha value is -2.54. The predicted molar refractivity (Wildman–Crippen MR) is 123 cm³/mol. The van der Waals surface area contributed by atoms with Crippen molar-refractivity contribution in [1.29, 1.82) is 0 Å². The van der Waals surface area contributed by atoms with Gasteiger partial charge < -0.3 is 5.32 Å². The van der Waals surface area contributed by atoms with E-state index in [-0.39, 0.29) is 5.91 Å². The first-order valence-corrected chi connectivity index (χ1v) is 11.3. The molecular formula is C24H28N4OS. The molecule has 6 heteroatoms. The Kier molecular flexibility index (Phi) is 6.89. The molecular weight excluding hydrogens is 392 g/mol. The third-order valence-electron chi connectivity index (χ3n) is 5.37. The Balaban J connectivity index is 1.21. The zero-order valence-electron chi connectivity index (χ0n) is 17.4. The highest BCUT2D eigenvalue weighted by molar-refractivity contribution is 7.09. The van der Waals surface area contributed by atoms with E-state index in [1.54, 1.807) is 11.3 Å². The van der Waals surface area contributed by atoms with E-state index in [4.69, 9.17) is 0 Å². The van der Waals surface area contributed by atoms with Crippen molar-refractivity contribution in [2.45, 2.75) is 26.4 Å². The number of carbonyl (C=O) groups excluding carboxylic acids is 1. The molecule has 156 valence electrons. The van der Waals surface area contributed by atoms with Crippen molar-refractivity contribution in [3.05, 3.63) is 81.8 Å². The summed E-state index contributed by atoms with van der Waals surface area (Å²) in [5.41, 5.74) is 4.33. The first-order valence-electron chi connectivity index (χ1n) is 10.4. The van der Waals surface area contributed by atoms with Crippen molar-refractivity contribution in [1.82, 2.24) is 14.8 Å². The monoisotopic (exact) mass is 420 g/mol. The first kappa shape index (κ1) is 20.7. The number of aryl methyl sites for hydroxylation is 1. The van der Waals surface area contributed by atoms with Crippen molar-refractivity contribution in [3.8, 4) is 0 Å². The van der Waals surface area contributed by atoms with Gasteiger partial charge in [0.05, 0.1) is 17.1 Å². The minimum Gasteiger partial charge on any atom is -0.326 e. The molecule has 0 spiro atoms. The number of hydrogen-bond donors (Lipinski definition) is 1. The maximum absolute atomic E-state index is 12.2. The number of hydrogen-bond acceptors (Lipinski definition) is 5. The summed E-state index contributed by atoms with van der Waals surface area (Å²) in [5, 5.41) is 5.90. The van der Waals surface area contributed by atoms with Crippen LogP contribution in [0.25, 0.3) is 0 Å². The molecule has 30 heavy (non-hydrogen) atoms. The number of amides is 1. The van der Waals surface area contributed by atoms with Gasteiger partial charge in [-0.2, -0.15) is 0 Å². The fourth-order valence-corrected chi connectivity index (χ4v) is 4.37.